The summed E-state index contributed by atoms with van der Waals surface area (Å²) in [6.45, 7) is 9.85. The van der Waals surface area contributed by atoms with Gasteiger partial charge in [0.1, 0.15) is 24.1 Å². The number of ketones is 1. The number of nitrogens with zero attached hydrogens (tertiary/aromatic N) is 1. The highest BCUT2D eigenvalue weighted by Crippen LogP contribution is 2.29. The van der Waals surface area contributed by atoms with Gasteiger partial charge < -0.3 is 30.4 Å². The summed E-state index contributed by atoms with van der Waals surface area (Å²) in [7, 11) is 1.56. The minimum absolute atomic E-state index is 0.0556. The van der Waals surface area contributed by atoms with Gasteiger partial charge in [0.05, 0.1) is 18.7 Å². The van der Waals surface area contributed by atoms with Gasteiger partial charge >= 0.3 is 0 Å². The lowest BCUT2D eigenvalue weighted by atomic mass is 9.95. The maximum absolute atomic E-state index is 13.6. The number of benzene rings is 1. The van der Waals surface area contributed by atoms with Crippen LogP contribution in [-0.4, -0.2) is 65.5 Å². The van der Waals surface area contributed by atoms with Crippen molar-refractivity contribution in [2.45, 2.75) is 58.7 Å². The maximum Gasteiger partial charge on any atom is 0.268 e. The number of rotatable bonds is 13. The molecule has 1 aromatic carbocycles. The van der Waals surface area contributed by atoms with Crippen molar-refractivity contribution in [1.29, 1.82) is 0 Å². The number of aliphatic hydroxyl groups excluding tert-OH is 1. The summed E-state index contributed by atoms with van der Waals surface area (Å²) in [5.41, 5.74) is 1.99. The van der Waals surface area contributed by atoms with Crippen molar-refractivity contribution in [3.63, 3.8) is 0 Å². The molecule has 1 aliphatic heterocycles. The lowest BCUT2D eigenvalue weighted by Gasteiger charge is -2.25. The van der Waals surface area contributed by atoms with Gasteiger partial charge in [-0.3, -0.25) is 19.2 Å². The zero-order valence-corrected chi connectivity index (χ0v) is 22.5. The van der Waals surface area contributed by atoms with E-state index in [1.807, 2.05) is 43.5 Å². The first-order chi connectivity index (χ1) is 18.0. The summed E-state index contributed by atoms with van der Waals surface area (Å²) in [6.07, 6.45) is 0.963. The Hall–Kier alpha value is -3.66. The number of carbonyl (C=O) groups is 4. The molecule has 10 heteroatoms. The highest BCUT2D eigenvalue weighted by atomic mass is 16.5. The predicted octanol–water partition coefficient (Wildman–Crippen LogP) is 1.94. The molecule has 3 amide bonds. The molecule has 38 heavy (non-hydrogen) atoms. The van der Waals surface area contributed by atoms with Crippen LogP contribution in [0.5, 0.6) is 5.75 Å². The second-order valence-corrected chi connectivity index (χ2v) is 10.3. The van der Waals surface area contributed by atoms with Crippen molar-refractivity contribution in [3.05, 3.63) is 42.1 Å². The van der Waals surface area contributed by atoms with Gasteiger partial charge in [0.2, 0.25) is 11.8 Å². The van der Waals surface area contributed by atoms with Gasteiger partial charge in [-0.25, -0.2) is 0 Å². The average molecular weight is 527 g/mol. The molecule has 1 aliphatic rings. The van der Waals surface area contributed by atoms with Crippen molar-refractivity contribution in [2.75, 3.05) is 20.3 Å². The number of hydrogen-bond donors (Lipinski definition) is 4. The van der Waals surface area contributed by atoms with Crippen molar-refractivity contribution in [2.24, 2.45) is 11.8 Å². The van der Waals surface area contributed by atoms with Crippen LogP contribution in [0.3, 0.4) is 0 Å². The third kappa shape index (κ3) is 6.80. The molecule has 2 heterocycles. The van der Waals surface area contributed by atoms with Crippen LogP contribution in [0.2, 0.25) is 0 Å². The van der Waals surface area contributed by atoms with E-state index in [1.54, 1.807) is 13.2 Å². The number of aromatic nitrogens is 1. The molecule has 0 radical (unpaired) electrons. The van der Waals surface area contributed by atoms with E-state index in [0.717, 1.165) is 16.5 Å². The van der Waals surface area contributed by atoms with E-state index in [0.29, 0.717) is 37.4 Å². The van der Waals surface area contributed by atoms with Gasteiger partial charge in [-0.15, -0.1) is 0 Å². The molecule has 2 aromatic rings. The van der Waals surface area contributed by atoms with Crippen LogP contribution in [0.25, 0.3) is 10.9 Å². The summed E-state index contributed by atoms with van der Waals surface area (Å²) in [4.78, 5) is 51.4. The summed E-state index contributed by atoms with van der Waals surface area (Å²) in [6, 6.07) is 5.30. The van der Waals surface area contributed by atoms with Gasteiger partial charge in [0.25, 0.3) is 5.91 Å². The molecule has 206 valence electrons. The van der Waals surface area contributed by atoms with Gasteiger partial charge in [0.15, 0.2) is 5.78 Å². The van der Waals surface area contributed by atoms with Gasteiger partial charge in [-0.2, -0.15) is 0 Å². The van der Waals surface area contributed by atoms with Crippen LogP contribution >= 0.6 is 0 Å². The summed E-state index contributed by atoms with van der Waals surface area (Å²) in [5.74, 6) is -1.51. The standard InChI is InChI=1S/C28H38N4O6/c1-16(2)11-21(27(36)30-20(24(34)15-33)12-18-9-10-29-26(18)35)31-28(37)23-13-19-22(32(23)14-17(3)4)7-6-8-25(19)38-5/h6-8,13,16,18,20-21,33H,3,9-12,14-15H2,1-2,4-5H3,(H,29,35)(H,30,36)(H,31,37)/t18-,20-,21+/m0/s1. The Balaban J connectivity index is 1.87. The van der Waals surface area contributed by atoms with Crippen molar-refractivity contribution >= 4 is 34.4 Å². The van der Waals surface area contributed by atoms with Crippen molar-refractivity contribution in [3.8, 4) is 5.75 Å². The van der Waals surface area contributed by atoms with E-state index in [4.69, 9.17) is 4.74 Å². The van der Waals surface area contributed by atoms with Gasteiger partial charge in [0, 0.05) is 24.4 Å². The maximum atomic E-state index is 13.6. The third-order valence-electron chi connectivity index (χ3n) is 6.66. The molecule has 3 atom stereocenters. The second-order valence-electron chi connectivity index (χ2n) is 10.3. The number of allylic oxidation sites excluding steroid dienone is 1. The first-order valence-electron chi connectivity index (χ1n) is 12.9. The predicted molar refractivity (Wildman–Crippen MR) is 144 cm³/mol. The SMILES string of the molecule is C=C(C)Cn1c(C(=O)N[C@H](CC(C)C)C(=O)N[C@@H](C[C@@H]2CCNC2=O)C(=O)CO)cc2c(OC)cccc21. The molecule has 1 fully saturated rings. The molecule has 0 spiro atoms. The van der Waals surface area contributed by atoms with E-state index >= 15 is 0 Å². The number of ether oxygens (including phenoxy) is 1. The van der Waals surface area contributed by atoms with E-state index < -0.39 is 42.2 Å². The smallest absolute Gasteiger partial charge is 0.268 e. The molecule has 0 saturated carbocycles. The molecule has 0 bridgehead atoms. The molecule has 1 saturated heterocycles. The van der Waals surface area contributed by atoms with E-state index in [1.165, 1.54) is 0 Å². The van der Waals surface area contributed by atoms with E-state index in [9.17, 15) is 24.3 Å². The van der Waals surface area contributed by atoms with Crippen LogP contribution < -0.4 is 20.7 Å². The topological polar surface area (TPSA) is 139 Å². The van der Waals surface area contributed by atoms with Gasteiger partial charge in [-0.1, -0.05) is 32.1 Å². The lowest BCUT2D eigenvalue weighted by molar-refractivity contribution is -0.131. The van der Waals surface area contributed by atoms with E-state index in [-0.39, 0.29) is 18.2 Å². The Morgan fingerprint density at radius 1 is 1.24 bits per heavy atom. The number of aliphatic hydroxyl groups is 1. The van der Waals surface area contributed by atoms with Gasteiger partial charge in [-0.05, 0) is 50.3 Å². The lowest BCUT2D eigenvalue weighted by Crippen LogP contribution is -2.53. The summed E-state index contributed by atoms with van der Waals surface area (Å²) in [5, 5.41) is 18.5. The highest BCUT2D eigenvalue weighted by Gasteiger charge is 2.33. The number of methoxy groups -OCH3 is 1. The minimum Gasteiger partial charge on any atom is -0.496 e. The number of carbonyl (C=O) groups excluding carboxylic acids is 4. The molecule has 0 aliphatic carbocycles. The van der Waals surface area contributed by atoms with Crippen molar-refractivity contribution < 1.29 is 29.0 Å². The van der Waals surface area contributed by atoms with Crippen LogP contribution in [0.4, 0.5) is 0 Å². The number of Topliss-reactive ketones (excluding diaryl/α,β-unsaturated/α-hetero) is 1. The van der Waals surface area contributed by atoms with Crippen LogP contribution in [0.15, 0.2) is 36.4 Å². The zero-order valence-electron chi connectivity index (χ0n) is 22.5. The Morgan fingerprint density at radius 3 is 2.55 bits per heavy atom. The first-order valence-corrected chi connectivity index (χ1v) is 12.9. The third-order valence-corrected chi connectivity index (χ3v) is 6.66. The molecular formula is C28H38N4O6. The number of nitrogens with one attached hydrogen (secondary N) is 3. The fourth-order valence-electron chi connectivity index (χ4n) is 4.81. The zero-order chi connectivity index (χ0) is 28.0. The average Bonchev–Trinajstić information content (AvgIpc) is 3.44. The molecule has 0 unspecified atom stereocenters. The normalized spacial score (nSPS) is 16.7. The van der Waals surface area contributed by atoms with Crippen LogP contribution in [0, 0.1) is 11.8 Å². The highest BCUT2D eigenvalue weighted by molar-refractivity contribution is 6.02. The summed E-state index contributed by atoms with van der Waals surface area (Å²) >= 11 is 0. The second kappa shape index (κ2) is 12.7. The monoisotopic (exact) mass is 526 g/mol. The Bertz CT molecular complexity index is 1220. The Labute approximate surface area is 222 Å². The molecule has 1 aromatic heterocycles. The fourth-order valence-corrected chi connectivity index (χ4v) is 4.81. The molecule has 10 nitrogen and oxygen atoms in total. The van der Waals surface area contributed by atoms with Crippen molar-refractivity contribution in [1.82, 2.24) is 20.5 Å². The number of fused-ring (bicyclic) bond motifs is 1. The summed E-state index contributed by atoms with van der Waals surface area (Å²) < 4.78 is 7.31. The van der Waals surface area contributed by atoms with E-state index in [2.05, 4.69) is 22.5 Å². The number of amides is 3. The fraction of sp³-hybridized carbons (Fsp3) is 0.500. The quantitative estimate of drug-likeness (QED) is 0.294. The Morgan fingerprint density at radius 2 is 1.97 bits per heavy atom. The number of hydrogen-bond acceptors (Lipinski definition) is 6. The molecule has 4 N–H and O–H groups in total. The first kappa shape index (κ1) is 28.9. The minimum atomic E-state index is -1.04. The molecular weight excluding hydrogens is 488 g/mol. The Kier molecular flexibility index (Phi) is 9.68. The molecule has 3 rings (SSSR count). The van der Waals surface area contributed by atoms with Crippen LogP contribution in [-0.2, 0) is 20.9 Å². The van der Waals surface area contributed by atoms with Crippen LogP contribution in [0.1, 0.15) is 50.5 Å². The largest absolute Gasteiger partial charge is 0.496 e.